The highest BCUT2D eigenvalue weighted by Crippen LogP contribution is 2.51. The quantitative estimate of drug-likeness (QED) is 0.825. The lowest BCUT2D eigenvalue weighted by Crippen LogP contribution is -2.26. The predicted molar refractivity (Wildman–Crippen MR) is 95.2 cm³/mol. The van der Waals surface area contributed by atoms with Gasteiger partial charge in [0.2, 0.25) is 0 Å². The summed E-state index contributed by atoms with van der Waals surface area (Å²) in [6.45, 7) is 2.09. The van der Waals surface area contributed by atoms with Crippen LogP contribution in [0.4, 0.5) is 0 Å². The Bertz CT molecular complexity index is 763. The van der Waals surface area contributed by atoms with Crippen molar-refractivity contribution in [2.75, 3.05) is 21.2 Å². The van der Waals surface area contributed by atoms with Gasteiger partial charge < -0.3 is 23.9 Å². The highest BCUT2D eigenvalue weighted by atomic mass is 31.2. The molecule has 0 bridgehead atoms. The number of likely N-dealkylation sites (N-methyl/N-ethyl adjacent to an activating group) is 1. The summed E-state index contributed by atoms with van der Waals surface area (Å²) in [5.41, 5.74) is 5.37. The maximum atomic E-state index is 10.3. The second-order valence-corrected chi connectivity index (χ2v) is 7.20. The molecule has 1 aliphatic carbocycles. The van der Waals surface area contributed by atoms with Crippen LogP contribution in [0, 0.1) is 6.92 Å². The van der Waals surface area contributed by atoms with Gasteiger partial charge in [-0.25, -0.2) is 0 Å². The number of phenols is 1. The second kappa shape index (κ2) is 6.69. The van der Waals surface area contributed by atoms with Gasteiger partial charge in [0.15, 0.2) is 11.5 Å². The molecule has 2 N–H and O–H groups in total. The maximum Gasteiger partial charge on any atom is 0.394 e. The first-order valence-electron chi connectivity index (χ1n) is 7.76. The van der Waals surface area contributed by atoms with Gasteiger partial charge in [0.1, 0.15) is 0 Å². The molecule has 0 aliphatic heterocycles. The molecule has 0 saturated heterocycles. The van der Waals surface area contributed by atoms with Crippen LogP contribution in [-0.2, 0) is 10.9 Å². The van der Waals surface area contributed by atoms with Crippen LogP contribution in [0.1, 0.15) is 22.7 Å². The smallest absolute Gasteiger partial charge is 0.394 e. The normalized spacial score (nSPS) is 17.3. The predicted octanol–water partition coefficient (Wildman–Crippen LogP) is 3.77. The SMILES string of the molecule is COP(O)Oc1c(O)ccc2c1-c1cccc(C)c1C(N(C)C)C2. The molecular formula is C18H22NO4P. The van der Waals surface area contributed by atoms with E-state index in [-0.39, 0.29) is 17.5 Å². The first-order valence-corrected chi connectivity index (χ1v) is 8.89. The Balaban J connectivity index is 2.24. The van der Waals surface area contributed by atoms with Gasteiger partial charge in [-0.1, -0.05) is 24.3 Å². The zero-order valence-corrected chi connectivity index (χ0v) is 15.2. The van der Waals surface area contributed by atoms with Crippen LogP contribution >= 0.6 is 8.60 Å². The fourth-order valence-corrected chi connectivity index (χ4v) is 3.79. The lowest BCUT2D eigenvalue weighted by molar-refractivity contribution is 0.293. The minimum atomic E-state index is -2.08. The van der Waals surface area contributed by atoms with E-state index in [1.165, 1.54) is 18.2 Å². The summed E-state index contributed by atoms with van der Waals surface area (Å²) in [6.07, 6.45) is 0.813. The molecular weight excluding hydrogens is 325 g/mol. The fourth-order valence-electron chi connectivity index (χ4n) is 3.38. The first kappa shape index (κ1) is 17.2. The molecule has 0 heterocycles. The molecule has 2 atom stereocenters. The van der Waals surface area contributed by atoms with Gasteiger partial charge >= 0.3 is 8.60 Å². The number of phenolic OH excluding ortho intramolecular Hbond substituents is 1. The Morgan fingerprint density at radius 1 is 1.21 bits per heavy atom. The van der Waals surface area contributed by atoms with E-state index in [1.54, 1.807) is 6.07 Å². The molecule has 0 saturated carbocycles. The minimum Gasteiger partial charge on any atom is -0.504 e. The molecule has 0 aromatic heterocycles. The topological polar surface area (TPSA) is 62.2 Å². The number of rotatable bonds is 4. The molecule has 2 aromatic carbocycles. The van der Waals surface area contributed by atoms with Crippen molar-refractivity contribution in [1.29, 1.82) is 0 Å². The van der Waals surface area contributed by atoms with E-state index in [0.29, 0.717) is 0 Å². The van der Waals surface area contributed by atoms with E-state index in [0.717, 1.165) is 23.1 Å². The highest BCUT2D eigenvalue weighted by Gasteiger charge is 2.31. The van der Waals surface area contributed by atoms with Crippen LogP contribution in [0.3, 0.4) is 0 Å². The van der Waals surface area contributed by atoms with Crippen molar-refractivity contribution in [1.82, 2.24) is 4.90 Å². The van der Waals surface area contributed by atoms with Crippen LogP contribution in [0.5, 0.6) is 11.5 Å². The van der Waals surface area contributed by atoms with Crippen molar-refractivity contribution in [2.24, 2.45) is 0 Å². The Morgan fingerprint density at radius 2 is 1.96 bits per heavy atom. The van der Waals surface area contributed by atoms with Crippen LogP contribution in [0.25, 0.3) is 11.1 Å². The van der Waals surface area contributed by atoms with E-state index in [2.05, 4.69) is 32.0 Å². The number of hydrogen-bond donors (Lipinski definition) is 2. The summed E-state index contributed by atoms with van der Waals surface area (Å²) in [5.74, 6) is 0.287. The van der Waals surface area contributed by atoms with Crippen molar-refractivity contribution in [3.63, 3.8) is 0 Å². The summed E-state index contributed by atoms with van der Waals surface area (Å²) >= 11 is 0. The van der Waals surface area contributed by atoms with E-state index >= 15 is 0 Å². The molecule has 0 radical (unpaired) electrons. The third-order valence-electron chi connectivity index (χ3n) is 4.51. The van der Waals surface area contributed by atoms with Crippen molar-refractivity contribution < 1.29 is 19.0 Å². The minimum absolute atomic E-state index is 0.00288. The molecule has 0 amide bonds. The monoisotopic (exact) mass is 347 g/mol. The third-order valence-corrected chi connectivity index (χ3v) is 5.16. The zero-order chi connectivity index (χ0) is 17.4. The van der Waals surface area contributed by atoms with E-state index in [9.17, 15) is 10.00 Å². The molecule has 0 fully saturated rings. The largest absolute Gasteiger partial charge is 0.504 e. The average Bonchev–Trinajstić information content (AvgIpc) is 2.56. The first-order chi connectivity index (χ1) is 11.4. The summed E-state index contributed by atoms with van der Waals surface area (Å²) in [6, 6.07) is 9.92. The Hall–Kier alpha value is -1.65. The molecule has 3 rings (SSSR count). The Kier molecular flexibility index (Phi) is 4.79. The summed E-state index contributed by atoms with van der Waals surface area (Å²) in [7, 11) is 3.44. The van der Waals surface area contributed by atoms with Gasteiger partial charge in [-0.05, 0) is 55.8 Å². The summed E-state index contributed by atoms with van der Waals surface area (Å²) in [4.78, 5) is 12.0. The highest BCUT2D eigenvalue weighted by molar-refractivity contribution is 7.41. The molecule has 24 heavy (non-hydrogen) atoms. The molecule has 1 aliphatic rings. The molecule has 128 valence electrons. The number of aromatic hydroxyl groups is 1. The van der Waals surface area contributed by atoms with Gasteiger partial charge in [0.25, 0.3) is 0 Å². The maximum absolute atomic E-state index is 10.3. The standard InChI is InChI=1S/C18H22NO4P/c1-11-6-5-7-13-16(11)14(19(2)3)10-12-8-9-15(20)18(17(12)13)23-24(21)22-4/h5-9,14,20-21H,10H2,1-4H3. The number of aryl methyl sites for hydroxylation is 1. The second-order valence-electron chi connectivity index (χ2n) is 6.18. The van der Waals surface area contributed by atoms with Crippen molar-refractivity contribution in [3.8, 4) is 22.6 Å². The fraction of sp³-hybridized carbons (Fsp3) is 0.333. The van der Waals surface area contributed by atoms with Crippen LogP contribution < -0.4 is 4.52 Å². The lowest BCUT2D eigenvalue weighted by atomic mass is 9.79. The van der Waals surface area contributed by atoms with E-state index < -0.39 is 8.60 Å². The van der Waals surface area contributed by atoms with Crippen LogP contribution in [0.2, 0.25) is 0 Å². The third kappa shape index (κ3) is 2.89. The van der Waals surface area contributed by atoms with Crippen molar-refractivity contribution in [2.45, 2.75) is 19.4 Å². The van der Waals surface area contributed by atoms with E-state index in [1.807, 2.05) is 18.2 Å². The molecule has 2 unspecified atom stereocenters. The number of fused-ring (bicyclic) bond motifs is 3. The average molecular weight is 347 g/mol. The lowest BCUT2D eigenvalue weighted by Gasteiger charge is -2.34. The molecule has 5 nitrogen and oxygen atoms in total. The number of benzene rings is 2. The Labute approximate surface area is 143 Å². The molecule has 0 spiro atoms. The number of nitrogens with zero attached hydrogens (tertiary/aromatic N) is 1. The van der Waals surface area contributed by atoms with E-state index in [4.69, 9.17) is 9.05 Å². The summed E-state index contributed by atoms with van der Waals surface area (Å²) < 4.78 is 10.4. The van der Waals surface area contributed by atoms with Gasteiger partial charge in [0.05, 0.1) is 0 Å². The van der Waals surface area contributed by atoms with Crippen molar-refractivity contribution >= 4 is 8.60 Å². The van der Waals surface area contributed by atoms with Crippen LogP contribution in [-0.4, -0.2) is 36.1 Å². The van der Waals surface area contributed by atoms with Crippen molar-refractivity contribution in [3.05, 3.63) is 47.0 Å². The van der Waals surface area contributed by atoms with Crippen LogP contribution in [0.15, 0.2) is 30.3 Å². The van der Waals surface area contributed by atoms with Gasteiger partial charge in [-0.3, -0.25) is 0 Å². The Morgan fingerprint density at radius 3 is 2.62 bits per heavy atom. The number of hydrogen-bond acceptors (Lipinski definition) is 5. The molecule has 6 heteroatoms. The zero-order valence-electron chi connectivity index (χ0n) is 14.3. The van der Waals surface area contributed by atoms with Gasteiger partial charge in [-0.15, -0.1) is 0 Å². The van der Waals surface area contributed by atoms with Gasteiger partial charge in [-0.2, -0.15) is 0 Å². The molecule has 2 aromatic rings. The summed E-state index contributed by atoms with van der Waals surface area (Å²) in [5, 5.41) is 10.3. The van der Waals surface area contributed by atoms with Gasteiger partial charge in [0, 0.05) is 18.7 Å².